The molecule has 1 aliphatic heterocycles. The maximum atomic E-state index is 5.64. The quantitative estimate of drug-likeness (QED) is 0.844. The average Bonchev–Trinajstić information content (AvgIpc) is 3.05. The zero-order valence-corrected chi connectivity index (χ0v) is 15.6. The van der Waals surface area contributed by atoms with E-state index in [2.05, 4.69) is 65.6 Å². The molecule has 2 aromatic rings. The molecule has 0 aliphatic carbocycles. The van der Waals surface area contributed by atoms with E-state index < -0.39 is 0 Å². The van der Waals surface area contributed by atoms with Gasteiger partial charge in [-0.05, 0) is 42.9 Å². The molecule has 1 aromatic heterocycles. The molecule has 1 aliphatic rings. The van der Waals surface area contributed by atoms with Crippen molar-refractivity contribution in [3.05, 3.63) is 41.6 Å². The predicted octanol–water partition coefficient (Wildman–Crippen LogP) is 4.42. The molecule has 25 heavy (non-hydrogen) atoms. The van der Waals surface area contributed by atoms with Crippen LogP contribution < -0.4 is 10.6 Å². The summed E-state index contributed by atoms with van der Waals surface area (Å²) in [5.41, 5.74) is 3.43. The van der Waals surface area contributed by atoms with Crippen LogP contribution in [-0.2, 0) is 10.2 Å². The second-order valence-corrected chi connectivity index (χ2v) is 7.69. The van der Waals surface area contributed by atoms with Gasteiger partial charge in [-0.1, -0.05) is 32.9 Å². The van der Waals surface area contributed by atoms with Crippen molar-refractivity contribution in [3.63, 3.8) is 0 Å². The summed E-state index contributed by atoms with van der Waals surface area (Å²) in [6.07, 6.45) is 2.51. The van der Waals surface area contributed by atoms with Crippen LogP contribution in [0.3, 0.4) is 0 Å². The smallest absolute Gasteiger partial charge is 0.224 e. The summed E-state index contributed by atoms with van der Waals surface area (Å²) in [6.45, 7) is 10.2. The second kappa shape index (κ2) is 7.40. The molecule has 2 heterocycles. The van der Waals surface area contributed by atoms with Crippen molar-refractivity contribution < 1.29 is 4.74 Å². The number of rotatable bonds is 5. The number of aryl methyl sites for hydroxylation is 1. The van der Waals surface area contributed by atoms with Gasteiger partial charge in [0.2, 0.25) is 5.95 Å². The summed E-state index contributed by atoms with van der Waals surface area (Å²) in [4.78, 5) is 9.04. The van der Waals surface area contributed by atoms with Crippen molar-refractivity contribution in [2.24, 2.45) is 0 Å². The highest BCUT2D eigenvalue weighted by atomic mass is 16.5. The largest absolute Gasteiger partial charge is 0.376 e. The van der Waals surface area contributed by atoms with E-state index in [4.69, 9.17) is 4.74 Å². The first-order valence-corrected chi connectivity index (χ1v) is 8.99. The Hall–Kier alpha value is -2.14. The van der Waals surface area contributed by atoms with E-state index in [9.17, 15) is 0 Å². The third-order valence-corrected chi connectivity index (χ3v) is 4.39. The lowest BCUT2D eigenvalue weighted by molar-refractivity contribution is 0.120. The summed E-state index contributed by atoms with van der Waals surface area (Å²) in [7, 11) is 0. The van der Waals surface area contributed by atoms with Crippen LogP contribution >= 0.6 is 0 Å². The van der Waals surface area contributed by atoms with Crippen LogP contribution in [0, 0.1) is 6.92 Å². The maximum Gasteiger partial charge on any atom is 0.224 e. The van der Waals surface area contributed by atoms with Crippen molar-refractivity contribution in [2.45, 2.75) is 52.1 Å². The number of nitrogens with one attached hydrogen (secondary N) is 2. The van der Waals surface area contributed by atoms with E-state index in [1.807, 2.05) is 13.0 Å². The second-order valence-electron chi connectivity index (χ2n) is 7.69. The van der Waals surface area contributed by atoms with Gasteiger partial charge in [-0.3, -0.25) is 0 Å². The van der Waals surface area contributed by atoms with Crippen LogP contribution in [0.4, 0.5) is 17.5 Å². The Morgan fingerprint density at radius 1 is 1.16 bits per heavy atom. The summed E-state index contributed by atoms with van der Waals surface area (Å²) in [5, 5.41) is 6.66. The Morgan fingerprint density at radius 3 is 2.56 bits per heavy atom. The van der Waals surface area contributed by atoms with Crippen LogP contribution in [0.15, 0.2) is 30.3 Å². The molecule has 0 spiro atoms. The minimum Gasteiger partial charge on any atom is -0.376 e. The fourth-order valence-corrected chi connectivity index (χ4v) is 2.92. The Morgan fingerprint density at radius 2 is 1.92 bits per heavy atom. The number of benzene rings is 1. The van der Waals surface area contributed by atoms with Crippen molar-refractivity contribution in [2.75, 3.05) is 23.8 Å². The van der Waals surface area contributed by atoms with Gasteiger partial charge in [0, 0.05) is 30.6 Å². The third kappa shape index (κ3) is 4.92. The molecule has 0 saturated carbocycles. The standard InChI is InChI=1S/C20H28N4O/c1-14-12-18(23-16-9-7-15(8-10-16)20(2,3)4)24-19(22-14)21-13-17-6-5-11-25-17/h7-10,12,17H,5-6,11,13H2,1-4H3,(H2,21,22,23,24). The number of anilines is 3. The van der Waals surface area contributed by atoms with Gasteiger partial charge in [0.05, 0.1) is 6.10 Å². The highest BCUT2D eigenvalue weighted by molar-refractivity contribution is 5.58. The molecule has 1 aromatic carbocycles. The van der Waals surface area contributed by atoms with Gasteiger partial charge >= 0.3 is 0 Å². The SMILES string of the molecule is Cc1cc(Nc2ccc(C(C)(C)C)cc2)nc(NCC2CCCO2)n1. The van der Waals surface area contributed by atoms with Crippen LogP contribution in [-0.4, -0.2) is 29.2 Å². The molecule has 1 unspecified atom stereocenters. The van der Waals surface area contributed by atoms with Crippen molar-refractivity contribution in [3.8, 4) is 0 Å². The van der Waals surface area contributed by atoms with Crippen LogP contribution in [0.2, 0.25) is 0 Å². The molecule has 0 bridgehead atoms. The Bertz CT molecular complexity index is 701. The number of ether oxygens (including phenoxy) is 1. The van der Waals surface area contributed by atoms with Crippen molar-refractivity contribution >= 4 is 17.5 Å². The fraction of sp³-hybridized carbons (Fsp3) is 0.500. The van der Waals surface area contributed by atoms with E-state index in [0.717, 1.165) is 43.2 Å². The first-order valence-electron chi connectivity index (χ1n) is 8.99. The lowest BCUT2D eigenvalue weighted by Gasteiger charge is -2.19. The van der Waals surface area contributed by atoms with Gasteiger partial charge < -0.3 is 15.4 Å². The van der Waals surface area contributed by atoms with Gasteiger partial charge in [-0.2, -0.15) is 4.98 Å². The molecule has 5 heteroatoms. The molecule has 134 valence electrons. The first-order chi connectivity index (χ1) is 11.9. The minimum absolute atomic E-state index is 0.156. The van der Waals surface area contributed by atoms with Crippen molar-refractivity contribution in [1.29, 1.82) is 0 Å². The molecule has 1 saturated heterocycles. The molecule has 1 fully saturated rings. The van der Waals surface area contributed by atoms with Crippen LogP contribution in [0.5, 0.6) is 0 Å². The lowest BCUT2D eigenvalue weighted by atomic mass is 9.87. The van der Waals surface area contributed by atoms with Crippen molar-refractivity contribution in [1.82, 2.24) is 9.97 Å². The molecule has 5 nitrogen and oxygen atoms in total. The van der Waals surface area contributed by atoms with Crippen LogP contribution in [0.25, 0.3) is 0 Å². The van der Waals surface area contributed by atoms with E-state index in [0.29, 0.717) is 5.95 Å². The third-order valence-electron chi connectivity index (χ3n) is 4.39. The number of nitrogens with zero attached hydrogens (tertiary/aromatic N) is 2. The lowest BCUT2D eigenvalue weighted by Crippen LogP contribution is -2.20. The zero-order chi connectivity index (χ0) is 17.9. The van der Waals surface area contributed by atoms with Crippen LogP contribution in [0.1, 0.15) is 44.9 Å². The van der Waals surface area contributed by atoms with E-state index >= 15 is 0 Å². The molecular weight excluding hydrogens is 312 g/mol. The van der Waals surface area contributed by atoms with Gasteiger partial charge in [-0.25, -0.2) is 4.98 Å². The fourth-order valence-electron chi connectivity index (χ4n) is 2.92. The molecular formula is C20H28N4O. The van der Waals surface area contributed by atoms with E-state index in [1.165, 1.54) is 5.56 Å². The Balaban J connectivity index is 1.67. The summed E-state index contributed by atoms with van der Waals surface area (Å²) in [6, 6.07) is 10.5. The average molecular weight is 340 g/mol. The Labute approximate surface area is 150 Å². The van der Waals surface area contributed by atoms with Gasteiger partial charge in [0.15, 0.2) is 0 Å². The zero-order valence-electron chi connectivity index (χ0n) is 15.6. The number of hydrogen-bond donors (Lipinski definition) is 2. The highest BCUT2D eigenvalue weighted by Crippen LogP contribution is 2.25. The summed E-state index contributed by atoms with van der Waals surface area (Å²) in [5.74, 6) is 1.44. The molecule has 0 amide bonds. The van der Waals surface area contributed by atoms with Gasteiger partial charge in [-0.15, -0.1) is 0 Å². The first kappa shape index (κ1) is 17.7. The van der Waals surface area contributed by atoms with E-state index in [-0.39, 0.29) is 11.5 Å². The summed E-state index contributed by atoms with van der Waals surface area (Å²) >= 11 is 0. The molecule has 0 radical (unpaired) electrons. The monoisotopic (exact) mass is 340 g/mol. The van der Waals surface area contributed by atoms with Gasteiger partial charge in [0.25, 0.3) is 0 Å². The molecule has 1 atom stereocenters. The molecule has 2 N–H and O–H groups in total. The van der Waals surface area contributed by atoms with E-state index in [1.54, 1.807) is 0 Å². The number of hydrogen-bond acceptors (Lipinski definition) is 5. The predicted molar refractivity (Wildman–Crippen MR) is 103 cm³/mol. The highest BCUT2D eigenvalue weighted by Gasteiger charge is 2.16. The topological polar surface area (TPSA) is 59.1 Å². The normalized spacial score (nSPS) is 17.5. The number of aromatic nitrogens is 2. The minimum atomic E-state index is 0.156. The summed E-state index contributed by atoms with van der Waals surface area (Å²) < 4.78 is 5.64. The Kier molecular flexibility index (Phi) is 5.23. The van der Waals surface area contributed by atoms with Gasteiger partial charge in [0.1, 0.15) is 5.82 Å². The maximum absolute atomic E-state index is 5.64. The molecule has 3 rings (SSSR count).